The van der Waals surface area contributed by atoms with Gasteiger partial charge in [0.05, 0.1) is 12.5 Å². The molecule has 1 N–H and O–H groups in total. The van der Waals surface area contributed by atoms with Crippen LogP contribution in [0.25, 0.3) is 0 Å². The Morgan fingerprint density at radius 3 is 2.70 bits per heavy atom. The van der Waals surface area contributed by atoms with Gasteiger partial charge in [0, 0.05) is 5.92 Å². The Hall–Kier alpha value is -0.570. The largest absolute Gasteiger partial charge is 0.462 e. The third kappa shape index (κ3) is 1.29. The molecule has 1 aliphatic heterocycles. The van der Waals surface area contributed by atoms with Gasteiger partial charge in [0.2, 0.25) is 0 Å². The zero-order valence-corrected chi connectivity index (χ0v) is 6.20. The molecule has 3 atom stereocenters. The van der Waals surface area contributed by atoms with E-state index in [2.05, 4.69) is 0 Å². The lowest BCUT2D eigenvalue weighted by atomic mass is 9.94. The molecule has 0 radical (unpaired) electrons. The highest BCUT2D eigenvalue weighted by atomic mass is 16.5. The van der Waals surface area contributed by atoms with Crippen LogP contribution in [0.15, 0.2) is 0 Å². The maximum atomic E-state index is 10.6. The van der Waals surface area contributed by atoms with Crippen molar-refractivity contribution in [3.63, 3.8) is 0 Å². The van der Waals surface area contributed by atoms with Crippen molar-refractivity contribution in [2.24, 2.45) is 5.92 Å². The molecule has 1 rings (SSSR count). The Labute approximate surface area is 60.0 Å². The third-order valence-electron chi connectivity index (χ3n) is 2.04. The molecular weight excluding hydrogens is 132 g/mol. The minimum atomic E-state index is -0.517. The average Bonchev–Trinajstić information content (AvgIpc) is 1.82. The SMILES string of the molecule is C[C@H]1[C@@H](O)CC(=O)O[C@@H]1C. The van der Waals surface area contributed by atoms with Crippen LogP contribution < -0.4 is 0 Å². The summed E-state index contributed by atoms with van der Waals surface area (Å²) in [6.45, 7) is 3.67. The van der Waals surface area contributed by atoms with Gasteiger partial charge < -0.3 is 9.84 Å². The molecule has 58 valence electrons. The molecule has 0 saturated carbocycles. The Kier molecular flexibility index (Phi) is 1.94. The number of esters is 1. The fraction of sp³-hybridized carbons (Fsp3) is 0.857. The minimum Gasteiger partial charge on any atom is -0.462 e. The van der Waals surface area contributed by atoms with E-state index < -0.39 is 6.10 Å². The molecule has 0 aromatic heterocycles. The van der Waals surface area contributed by atoms with Gasteiger partial charge in [-0.15, -0.1) is 0 Å². The van der Waals surface area contributed by atoms with Crippen LogP contribution in [0.4, 0.5) is 0 Å². The zero-order chi connectivity index (χ0) is 7.72. The number of aliphatic hydroxyl groups is 1. The van der Waals surface area contributed by atoms with E-state index in [0.717, 1.165) is 0 Å². The van der Waals surface area contributed by atoms with Crippen LogP contribution in [0, 0.1) is 5.92 Å². The standard InChI is InChI=1S/C7H12O3/c1-4-5(2)10-7(9)3-6(4)8/h4-6,8H,3H2,1-2H3/t4-,5-,6+/m1/s1. The van der Waals surface area contributed by atoms with Crippen molar-refractivity contribution in [3.8, 4) is 0 Å². The molecule has 0 amide bonds. The molecule has 1 aliphatic rings. The lowest BCUT2D eigenvalue weighted by molar-refractivity contribution is -0.165. The van der Waals surface area contributed by atoms with Crippen molar-refractivity contribution >= 4 is 5.97 Å². The second-order valence-electron chi connectivity index (χ2n) is 2.83. The van der Waals surface area contributed by atoms with Crippen LogP contribution in [0.2, 0.25) is 0 Å². The van der Waals surface area contributed by atoms with Gasteiger partial charge in [-0.05, 0) is 6.92 Å². The number of cyclic esters (lactones) is 1. The molecular formula is C7H12O3. The van der Waals surface area contributed by atoms with E-state index in [1.54, 1.807) is 6.92 Å². The molecule has 0 aromatic carbocycles. The lowest BCUT2D eigenvalue weighted by Gasteiger charge is -2.29. The van der Waals surface area contributed by atoms with E-state index in [0.29, 0.717) is 0 Å². The van der Waals surface area contributed by atoms with Crippen LogP contribution in [-0.4, -0.2) is 23.3 Å². The normalized spacial score (nSPS) is 41.1. The predicted molar refractivity (Wildman–Crippen MR) is 35.3 cm³/mol. The van der Waals surface area contributed by atoms with Gasteiger partial charge in [0.1, 0.15) is 6.10 Å². The summed E-state index contributed by atoms with van der Waals surface area (Å²) in [6, 6.07) is 0. The summed E-state index contributed by atoms with van der Waals surface area (Å²) in [6.07, 6.45) is -0.515. The Balaban J connectivity index is 2.57. The quantitative estimate of drug-likeness (QED) is 0.498. The number of ether oxygens (including phenoxy) is 1. The van der Waals surface area contributed by atoms with E-state index in [4.69, 9.17) is 4.74 Å². The van der Waals surface area contributed by atoms with Gasteiger partial charge in [-0.2, -0.15) is 0 Å². The first-order valence-electron chi connectivity index (χ1n) is 3.49. The van der Waals surface area contributed by atoms with Gasteiger partial charge in [-0.1, -0.05) is 6.92 Å². The Morgan fingerprint density at radius 1 is 1.60 bits per heavy atom. The summed E-state index contributed by atoms with van der Waals surface area (Å²) in [4.78, 5) is 10.6. The van der Waals surface area contributed by atoms with Gasteiger partial charge in [-0.25, -0.2) is 0 Å². The zero-order valence-electron chi connectivity index (χ0n) is 6.20. The first-order valence-corrected chi connectivity index (χ1v) is 3.49. The van der Waals surface area contributed by atoms with Crippen molar-refractivity contribution < 1.29 is 14.6 Å². The van der Waals surface area contributed by atoms with E-state index in [-0.39, 0.29) is 24.4 Å². The average molecular weight is 144 g/mol. The number of rotatable bonds is 0. The lowest BCUT2D eigenvalue weighted by Crippen LogP contribution is -2.38. The summed E-state index contributed by atoms with van der Waals surface area (Å²) in [5, 5.41) is 9.22. The maximum absolute atomic E-state index is 10.6. The predicted octanol–water partition coefficient (Wildman–Crippen LogP) is 0.319. The van der Waals surface area contributed by atoms with E-state index >= 15 is 0 Å². The molecule has 3 heteroatoms. The number of hydrogen-bond donors (Lipinski definition) is 1. The molecule has 3 nitrogen and oxygen atoms in total. The second kappa shape index (κ2) is 2.58. The van der Waals surface area contributed by atoms with Gasteiger partial charge >= 0.3 is 5.97 Å². The summed E-state index contributed by atoms with van der Waals surface area (Å²) in [7, 11) is 0. The van der Waals surface area contributed by atoms with Crippen molar-refractivity contribution in [1.29, 1.82) is 0 Å². The van der Waals surface area contributed by atoms with Crippen LogP contribution in [0.5, 0.6) is 0 Å². The summed E-state index contributed by atoms with van der Waals surface area (Å²) in [5.41, 5.74) is 0. The number of aliphatic hydroxyl groups excluding tert-OH is 1. The summed E-state index contributed by atoms with van der Waals surface area (Å²) < 4.78 is 4.87. The molecule has 0 unspecified atom stereocenters. The number of carbonyl (C=O) groups is 1. The highest BCUT2D eigenvalue weighted by Gasteiger charge is 2.31. The molecule has 0 aromatic rings. The van der Waals surface area contributed by atoms with Crippen molar-refractivity contribution in [1.82, 2.24) is 0 Å². The molecule has 1 fully saturated rings. The topological polar surface area (TPSA) is 46.5 Å². The number of hydrogen-bond acceptors (Lipinski definition) is 3. The van der Waals surface area contributed by atoms with E-state index in [1.165, 1.54) is 0 Å². The molecule has 10 heavy (non-hydrogen) atoms. The highest BCUT2D eigenvalue weighted by molar-refractivity contribution is 5.71. The number of carbonyl (C=O) groups excluding carboxylic acids is 1. The molecule has 0 spiro atoms. The second-order valence-corrected chi connectivity index (χ2v) is 2.83. The van der Waals surface area contributed by atoms with Gasteiger partial charge in [0.25, 0.3) is 0 Å². The summed E-state index contributed by atoms with van der Waals surface area (Å²) in [5.74, 6) is -0.226. The molecule has 1 heterocycles. The smallest absolute Gasteiger partial charge is 0.308 e. The monoisotopic (exact) mass is 144 g/mol. The van der Waals surface area contributed by atoms with Crippen LogP contribution in [-0.2, 0) is 9.53 Å². The van der Waals surface area contributed by atoms with Crippen LogP contribution in [0.3, 0.4) is 0 Å². The van der Waals surface area contributed by atoms with Crippen molar-refractivity contribution in [2.45, 2.75) is 32.5 Å². The van der Waals surface area contributed by atoms with Crippen molar-refractivity contribution in [3.05, 3.63) is 0 Å². The fourth-order valence-electron chi connectivity index (χ4n) is 1.03. The Bertz CT molecular complexity index is 130. The molecule has 0 aliphatic carbocycles. The van der Waals surface area contributed by atoms with Crippen molar-refractivity contribution in [2.75, 3.05) is 0 Å². The van der Waals surface area contributed by atoms with E-state index in [1.807, 2.05) is 6.92 Å². The van der Waals surface area contributed by atoms with Gasteiger partial charge in [0.15, 0.2) is 0 Å². The van der Waals surface area contributed by atoms with Crippen LogP contribution in [0.1, 0.15) is 20.3 Å². The fourth-order valence-corrected chi connectivity index (χ4v) is 1.03. The molecule has 1 saturated heterocycles. The maximum Gasteiger partial charge on any atom is 0.308 e. The van der Waals surface area contributed by atoms with E-state index in [9.17, 15) is 9.90 Å². The first-order chi connectivity index (χ1) is 4.61. The molecule has 0 bridgehead atoms. The van der Waals surface area contributed by atoms with Gasteiger partial charge in [-0.3, -0.25) is 4.79 Å². The minimum absolute atomic E-state index is 0.0673. The third-order valence-corrected chi connectivity index (χ3v) is 2.04. The van der Waals surface area contributed by atoms with Crippen LogP contribution >= 0.6 is 0 Å². The highest BCUT2D eigenvalue weighted by Crippen LogP contribution is 2.20. The Morgan fingerprint density at radius 2 is 2.20 bits per heavy atom. The summed E-state index contributed by atoms with van der Waals surface area (Å²) >= 11 is 0. The first kappa shape index (κ1) is 7.54.